The van der Waals surface area contributed by atoms with Crippen LogP contribution in [0.1, 0.15) is 0 Å². The number of thiocyanates is 1. The van der Waals surface area contributed by atoms with Gasteiger partial charge in [0, 0.05) is 10.8 Å². The van der Waals surface area contributed by atoms with Gasteiger partial charge in [0.1, 0.15) is 16.9 Å². The Hall–Kier alpha value is -1.86. The van der Waals surface area contributed by atoms with Crippen LogP contribution in [0.3, 0.4) is 0 Å². The molecule has 0 fully saturated rings. The van der Waals surface area contributed by atoms with E-state index in [9.17, 15) is 0 Å². The fourth-order valence-corrected chi connectivity index (χ4v) is 2.35. The number of methoxy groups -OCH3 is 2. The SMILES string of the molecule is COc1cc(SC#N)c(OC)c2ccccc12. The van der Waals surface area contributed by atoms with Gasteiger partial charge in [-0.2, -0.15) is 5.26 Å². The van der Waals surface area contributed by atoms with Crippen molar-refractivity contribution >= 4 is 22.5 Å². The zero-order valence-electron chi connectivity index (χ0n) is 9.56. The van der Waals surface area contributed by atoms with Gasteiger partial charge in [0.25, 0.3) is 0 Å². The molecule has 3 nitrogen and oxygen atoms in total. The molecule has 0 amide bonds. The van der Waals surface area contributed by atoms with E-state index in [0.717, 1.165) is 33.2 Å². The molecule has 0 saturated carbocycles. The highest BCUT2D eigenvalue weighted by Crippen LogP contribution is 2.40. The smallest absolute Gasteiger partial charge is 0.141 e. The van der Waals surface area contributed by atoms with Crippen molar-refractivity contribution < 1.29 is 9.47 Å². The zero-order valence-corrected chi connectivity index (χ0v) is 10.4. The third-order valence-electron chi connectivity index (χ3n) is 2.50. The molecule has 0 unspecified atom stereocenters. The Bertz CT molecular complexity index is 590. The van der Waals surface area contributed by atoms with Crippen molar-refractivity contribution in [2.24, 2.45) is 0 Å². The molecule has 4 heteroatoms. The van der Waals surface area contributed by atoms with Crippen molar-refractivity contribution in [1.82, 2.24) is 0 Å². The summed E-state index contributed by atoms with van der Waals surface area (Å²) in [5, 5.41) is 12.8. The Balaban J connectivity index is 2.80. The molecule has 0 radical (unpaired) electrons. The number of benzene rings is 2. The van der Waals surface area contributed by atoms with Crippen LogP contribution in [-0.2, 0) is 0 Å². The normalized spacial score (nSPS) is 9.94. The lowest BCUT2D eigenvalue weighted by molar-refractivity contribution is 0.402. The lowest BCUT2D eigenvalue weighted by Gasteiger charge is -2.12. The number of thioether (sulfide) groups is 1. The first-order valence-corrected chi connectivity index (χ1v) is 5.83. The lowest BCUT2D eigenvalue weighted by Crippen LogP contribution is -1.91. The van der Waals surface area contributed by atoms with Gasteiger partial charge in [-0.25, -0.2) is 0 Å². The number of nitrogens with zero attached hydrogens (tertiary/aromatic N) is 1. The van der Waals surface area contributed by atoms with Gasteiger partial charge < -0.3 is 9.47 Å². The van der Waals surface area contributed by atoms with Crippen molar-refractivity contribution in [3.63, 3.8) is 0 Å². The average Bonchev–Trinajstić information content (AvgIpc) is 2.38. The molecule has 0 N–H and O–H groups in total. The maximum Gasteiger partial charge on any atom is 0.141 e. The Morgan fingerprint density at radius 1 is 1.12 bits per heavy atom. The summed E-state index contributed by atoms with van der Waals surface area (Å²) in [5.74, 6) is 1.46. The molecule has 0 aliphatic carbocycles. The topological polar surface area (TPSA) is 42.2 Å². The molecular weight excluding hydrogens is 234 g/mol. The Labute approximate surface area is 104 Å². The monoisotopic (exact) mass is 245 g/mol. The van der Waals surface area contributed by atoms with E-state index >= 15 is 0 Å². The maximum absolute atomic E-state index is 8.79. The average molecular weight is 245 g/mol. The second kappa shape index (κ2) is 4.98. The minimum Gasteiger partial charge on any atom is -0.496 e. The molecule has 17 heavy (non-hydrogen) atoms. The summed E-state index contributed by atoms with van der Waals surface area (Å²) in [4.78, 5) is 0.769. The highest BCUT2D eigenvalue weighted by Gasteiger charge is 2.13. The van der Waals surface area contributed by atoms with Gasteiger partial charge in [0.15, 0.2) is 0 Å². The van der Waals surface area contributed by atoms with E-state index in [1.165, 1.54) is 0 Å². The molecule has 0 heterocycles. The summed E-state index contributed by atoms with van der Waals surface area (Å²) in [6.45, 7) is 0. The molecular formula is C13H11NO2S. The number of hydrogen-bond acceptors (Lipinski definition) is 4. The number of nitriles is 1. The summed E-state index contributed by atoms with van der Waals surface area (Å²) >= 11 is 1.07. The summed E-state index contributed by atoms with van der Waals surface area (Å²) in [7, 11) is 3.23. The van der Waals surface area contributed by atoms with Crippen molar-refractivity contribution in [1.29, 1.82) is 5.26 Å². The van der Waals surface area contributed by atoms with Crippen LogP contribution in [0.2, 0.25) is 0 Å². The van der Waals surface area contributed by atoms with Crippen LogP contribution in [0.15, 0.2) is 35.2 Å². The van der Waals surface area contributed by atoms with E-state index in [1.54, 1.807) is 14.2 Å². The van der Waals surface area contributed by atoms with Crippen molar-refractivity contribution in [2.75, 3.05) is 14.2 Å². The van der Waals surface area contributed by atoms with E-state index < -0.39 is 0 Å². The van der Waals surface area contributed by atoms with Crippen LogP contribution < -0.4 is 9.47 Å². The van der Waals surface area contributed by atoms with Gasteiger partial charge in [0.05, 0.1) is 19.1 Å². The molecule has 86 valence electrons. The van der Waals surface area contributed by atoms with Crippen LogP contribution >= 0.6 is 11.8 Å². The second-order valence-corrected chi connectivity index (χ2v) is 4.18. The van der Waals surface area contributed by atoms with E-state index in [4.69, 9.17) is 14.7 Å². The standard InChI is InChI=1S/C13H11NO2S/c1-15-11-7-12(17-8-14)13(16-2)10-6-4-3-5-9(10)11/h3-7H,1-2H3. The van der Waals surface area contributed by atoms with Gasteiger partial charge in [-0.1, -0.05) is 24.3 Å². The van der Waals surface area contributed by atoms with Gasteiger partial charge in [-0.3, -0.25) is 0 Å². The third-order valence-corrected chi connectivity index (χ3v) is 3.12. The summed E-state index contributed by atoms with van der Waals surface area (Å²) in [6, 6.07) is 9.64. The quantitative estimate of drug-likeness (QED) is 0.613. The van der Waals surface area contributed by atoms with E-state index in [1.807, 2.05) is 30.3 Å². The Morgan fingerprint density at radius 2 is 1.82 bits per heavy atom. The largest absolute Gasteiger partial charge is 0.496 e. The van der Waals surface area contributed by atoms with Crippen LogP contribution in [-0.4, -0.2) is 14.2 Å². The number of ether oxygens (including phenoxy) is 2. The van der Waals surface area contributed by atoms with E-state index in [0.29, 0.717) is 5.75 Å². The fourth-order valence-electron chi connectivity index (χ4n) is 1.80. The molecule has 0 atom stereocenters. The van der Waals surface area contributed by atoms with Crippen molar-refractivity contribution in [3.05, 3.63) is 30.3 Å². The second-order valence-electron chi connectivity index (χ2n) is 3.35. The van der Waals surface area contributed by atoms with Gasteiger partial charge in [0.2, 0.25) is 0 Å². The predicted molar refractivity (Wildman–Crippen MR) is 68.5 cm³/mol. The van der Waals surface area contributed by atoms with E-state index in [-0.39, 0.29) is 0 Å². The fraction of sp³-hybridized carbons (Fsp3) is 0.154. The van der Waals surface area contributed by atoms with Crippen molar-refractivity contribution in [3.8, 4) is 16.9 Å². The molecule has 0 aliphatic rings. The minimum absolute atomic E-state index is 0.716. The summed E-state index contributed by atoms with van der Waals surface area (Å²) in [5.41, 5.74) is 0. The highest BCUT2D eigenvalue weighted by molar-refractivity contribution is 8.03. The summed E-state index contributed by atoms with van der Waals surface area (Å²) < 4.78 is 10.7. The molecule has 0 saturated heterocycles. The molecule has 2 aromatic rings. The first-order valence-electron chi connectivity index (χ1n) is 5.01. The van der Waals surface area contributed by atoms with Gasteiger partial charge >= 0.3 is 0 Å². The van der Waals surface area contributed by atoms with E-state index in [2.05, 4.69) is 5.40 Å². The van der Waals surface area contributed by atoms with Crippen molar-refractivity contribution in [2.45, 2.75) is 4.90 Å². The van der Waals surface area contributed by atoms with Crippen LogP contribution in [0.25, 0.3) is 10.8 Å². The van der Waals surface area contributed by atoms with Crippen LogP contribution in [0.4, 0.5) is 0 Å². The molecule has 0 spiro atoms. The Morgan fingerprint density at radius 3 is 2.41 bits per heavy atom. The Kier molecular flexibility index (Phi) is 3.40. The molecule has 2 aromatic carbocycles. The van der Waals surface area contributed by atoms with Crippen LogP contribution in [0, 0.1) is 10.7 Å². The molecule has 0 aromatic heterocycles. The number of fused-ring (bicyclic) bond motifs is 1. The summed E-state index contributed by atoms with van der Waals surface area (Å²) in [6.07, 6.45) is 0. The predicted octanol–water partition coefficient (Wildman–Crippen LogP) is 3.43. The van der Waals surface area contributed by atoms with Gasteiger partial charge in [-0.05, 0) is 17.8 Å². The lowest BCUT2D eigenvalue weighted by atomic mass is 10.1. The molecule has 2 rings (SSSR count). The third kappa shape index (κ3) is 2.02. The molecule has 0 bridgehead atoms. The number of rotatable bonds is 3. The zero-order chi connectivity index (χ0) is 12.3. The maximum atomic E-state index is 8.79. The van der Waals surface area contributed by atoms with Crippen LogP contribution in [0.5, 0.6) is 11.5 Å². The minimum atomic E-state index is 0.716. The first-order chi connectivity index (χ1) is 8.31. The first kappa shape index (κ1) is 11.6. The highest BCUT2D eigenvalue weighted by atomic mass is 32.2. The van der Waals surface area contributed by atoms with Gasteiger partial charge in [-0.15, -0.1) is 0 Å². The number of hydrogen-bond donors (Lipinski definition) is 0. The molecule has 0 aliphatic heterocycles.